The van der Waals surface area contributed by atoms with Crippen LogP contribution in [-0.4, -0.2) is 12.6 Å². The van der Waals surface area contributed by atoms with Crippen LogP contribution < -0.4 is 4.74 Å². The average molecular weight is 501 g/mol. The van der Waals surface area contributed by atoms with Gasteiger partial charge in [-0.05, 0) is 59.7 Å². The van der Waals surface area contributed by atoms with E-state index in [1.165, 1.54) is 55.2 Å². The van der Waals surface area contributed by atoms with Crippen molar-refractivity contribution in [3.8, 4) is 28.0 Å². The molecule has 1 atom stereocenters. The molecule has 0 aromatic heterocycles. The van der Waals surface area contributed by atoms with E-state index in [0.717, 1.165) is 42.7 Å². The Morgan fingerprint density at radius 3 is 1.81 bits per heavy atom. The molecule has 3 rings (SSSR count). The van der Waals surface area contributed by atoms with Gasteiger partial charge < -0.3 is 9.47 Å². The fourth-order valence-electron chi connectivity index (χ4n) is 4.57. The Labute approximate surface area is 224 Å². The van der Waals surface area contributed by atoms with Gasteiger partial charge in [0.2, 0.25) is 0 Å². The van der Waals surface area contributed by atoms with Crippen LogP contribution in [-0.2, 0) is 9.53 Å². The SMILES string of the molecule is CCCCCCCOc1ccc(-c2ccccc2-c2ccc(C(C)OC(=O)CCCCCC)cc2)cc1. The standard InChI is InChI=1S/C34H44O3/c1-4-6-8-10-14-26-36-31-24-22-30(23-25-31)33-16-13-12-15-32(33)29-20-18-28(19-21-29)27(3)37-34(35)17-11-9-7-5-2/h12-13,15-16,18-25,27H,4-11,14,17,26H2,1-3H3. The van der Waals surface area contributed by atoms with Gasteiger partial charge in [0.15, 0.2) is 0 Å². The predicted octanol–water partition coefficient (Wildman–Crippen LogP) is 9.94. The second-order valence-corrected chi connectivity index (χ2v) is 9.90. The monoisotopic (exact) mass is 500 g/mol. The van der Waals surface area contributed by atoms with Gasteiger partial charge in [-0.3, -0.25) is 4.79 Å². The van der Waals surface area contributed by atoms with Crippen molar-refractivity contribution in [1.82, 2.24) is 0 Å². The molecule has 0 spiro atoms. The van der Waals surface area contributed by atoms with Gasteiger partial charge >= 0.3 is 5.97 Å². The number of carbonyl (C=O) groups is 1. The summed E-state index contributed by atoms with van der Waals surface area (Å²) in [4.78, 5) is 12.2. The molecule has 3 nitrogen and oxygen atoms in total. The molecule has 3 aromatic carbocycles. The number of unbranched alkanes of at least 4 members (excludes halogenated alkanes) is 7. The number of hydrogen-bond donors (Lipinski definition) is 0. The van der Waals surface area contributed by atoms with Crippen LogP contribution in [0.3, 0.4) is 0 Å². The Balaban J connectivity index is 1.60. The summed E-state index contributed by atoms with van der Waals surface area (Å²) >= 11 is 0. The van der Waals surface area contributed by atoms with Crippen LogP contribution in [0.5, 0.6) is 5.75 Å². The summed E-state index contributed by atoms with van der Waals surface area (Å²) in [5.41, 5.74) is 5.69. The zero-order valence-corrected chi connectivity index (χ0v) is 23.0. The molecule has 3 aromatic rings. The predicted molar refractivity (Wildman–Crippen MR) is 155 cm³/mol. The molecule has 0 amide bonds. The van der Waals surface area contributed by atoms with Gasteiger partial charge in [0.1, 0.15) is 11.9 Å². The first-order chi connectivity index (χ1) is 18.1. The van der Waals surface area contributed by atoms with Crippen LogP contribution in [0.2, 0.25) is 0 Å². The molecule has 0 aliphatic heterocycles. The summed E-state index contributed by atoms with van der Waals surface area (Å²) in [5, 5.41) is 0. The van der Waals surface area contributed by atoms with Crippen molar-refractivity contribution >= 4 is 5.97 Å². The summed E-state index contributed by atoms with van der Waals surface area (Å²) in [6.45, 7) is 7.13. The molecular formula is C34H44O3. The van der Waals surface area contributed by atoms with E-state index in [1.54, 1.807) is 0 Å². The zero-order valence-electron chi connectivity index (χ0n) is 23.0. The fraction of sp³-hybridized carbons (Fsp3) is 0.441. The second-order valence-electron chi connectivity index (χ2n) is 9.90. The quantitative estimate of drug-likeness (QED) is 0.145. The van der Waals surface area contributed by atoms with E-state index >= 15 is 0 Å². The maximum Gasteiger partial charge on any atom is 0.306 e. The topological polar surface area (TPSA) is 35.5 Å². The minimum atomic E-state index is -0.248. The third-order valence-corrected chi connectivity index (χ3v) is 6.84. The molecule has 1 unspecified atom stereocenters. The summed E-state index contributed by atoms with van der Waals surface area (Å²) in [7, 11) is 0. The molecule has 0 heterocycles. The highest BCUT2D eigenvalue weighted by atomic mass is 16.5. The zero-order chi connectivity index (χ0) is 26.3. The van der Waals surface area contributed by atoms with E-state index < -0.39 is 0 Å². The molecular weight excluding hydrogens is 456 g/mol. The largest absolute Gasteiger partial charge is 0.494 e. The number of carbonyl (C=O) groups excluding carboxylic acids is 1. The van der Waals surface area contributed by atoms with Crippen molar-refractivity contribution in [2.45, 2.75) is 91.1 Å². The van der Waals surface area contributed by atoms with Gasteiger partial charge in [-0.25, -0.2) is 0 Å². The summed E-state index contributed by atoms with van der Waals surface area (Å²) < 4.78 is 11.6. The van der Waals surface area contributed by atoms with Gasteiger partial charge in [0.05, 0.1) is 6.61 Å². The van der Waals surface area contributed by atoms with Gasteiger partial charge in [-0.2, -0.15) is 0 Å². The van der Waals surface area contributed by atoms with E-state index in [2.05, 4.69) is 86.6 Å². The number of esters is 1. The molecule has 0 saturated carbocycles. The van der Waals surface area contributed by atoms with E-state index in [1.807, 2.05) is 6.92 Å². The number of ether oxygens (including phenoxy) is 2. The summed E-state index contributed by atoms with van der Waals surface area (Å²) in [6, 6.07) is 25.3. The van der Waals surface area contributed by atoms with Crippen LogP contribution in [0, 0.1) is 0 Å². The minimum Gasteiger partial charge on any atom is -0.494 e. The molecule has 0 N–H and O–H groups in total. The van der Waals surface area contributed by atoms with Crippen LogP contribution in [0.1, 0.15) is 96.6 Å². The molecule has 37 heavy (non-hydrogen) atoms. The molecule has 3 heteroatoms. The Morgan fingerprint density at radius 2 is 1.22 bits per heavy atom. The van der Waals surface area contributed by atoms with Crippen molar-refractivity contribution in [2.24, 2.45) is 0 Å². The third-order valence-electron chi connectivity index (χ3n) is 6.84. The normalized spacial score (nSPS) is 11.8. The second kappa shape index (κ2) is 15.9. The first-order valence-corrected chi connectivity index (χ1v) is 14.2. The maximum absolute atomic E-state index is 12.2. The Hall–Kier alpha value is -3.07. The van der Waals surface area contributed by atoms with Crippen LogP contribution in [0.15, 0.2) is 72.8 Å². The number of rotatable bonds is 16. The lowest BCUT2D eigenvalue weighted by Crippen LogP contribution is -2.08. The third kappa shape index (κ3) is 9.39. The average Bonchev–Trinajstić information content (AvgIpc) is 2.93. The number of benzene rings is 3. The number of hydrogen-bond acceptors (Lipinski definition) is 3. The van der Waals surface area contributed by atoms with Crippen molar-refractivity contribution in [1.29, 1.82) is 0 Å². The van der Waals surface area contributed by atoms with Gasteiger partial charge in [-0.1, -0.05) is 119 Å². The van der Waals surface area contributed by atoms with E-state index in [4.69, 9.17) is 9.47 Å². The Morgan fingerprint density at radius 1 is 0.676 bits per heavy atom. The van der Waals surface area contributed by atoms with Crippen molar-refractivity contribution in [2.75, 3.05) is 6.61 Å². The minimum absolute atomic E-state index is 0.109. The highest BCUT2D eigenvalue weighted by Gasteiger charge is 2.13. The lowest BCUT2D eigenvalue weighted by atomic mass is 9.94. The lowest BCUT2D eigenvalue weighted by molar-refractivity contribution is -0.148. The van der Waals surface area contributed by atoms with Gasteiger partial charge in [-0.15, -0.1) is 0 Å². The first kappa shape index (κ1) is 28.5. The highest BCUT2D eigenvalue weighted by Crippen LogP contribution is 2.33. The Kier molecular flexibility index (Phi) is 12.3. The van der Waals surface area contributed by atoms with Gasteiger partial charge in [0, 0.05) is 6.42 Å². The molecule has 0 bridgehead atoms. The molecule has 0 aliphatic rings. The van der Waals surface area contributed by atoms with Crippen molar-refractivity contribution in [3.05, 3.63) is 78.4 Å². The van der Waals surface area contributed by atoms with Crippen LogP contribution in [0.25, 0.3) is 22.3 Å². The summed E-state index contributed by atoms with van der Waals surface area (Å²) in [6.07, 6.45) is 10.8. The molecule has 0 fully saturated rings. The van der Waals surface area contributed by atoms with Gasteiger partial charge in [0.25, 0.3) is 0 Å². The maximum atomic E-state index is 12.2. The van der Waals surface area contributed by atoms with E-state index in [-0.39, 0.29) is 12.1 Å². The Bertz CT molecular complexity index is 1050. The lowest BCUT2D eigenvalue weighted by Gasteiger charge is -2.15. The summed E-state index contributed by atoms with van der Waals surface area (Å²) in [5.74, 6) is 0.817. The molecule has 0 saturated heterocycles. The van der Waals surface area contributed by atoms with E-state index in [0.29, 0.717) is 6.42 Å². The fourth-order valence-corrected chi connectivity index (χ4v) is 4.57. The molecule has 0 radical (unpaired) electrons. The smallest absolute Gasteiger partial charge is 0.306 e. The van der Waals surface area contributed by atoms with Crippen LogP contribution >= 0.6 is 0 Å². The highest BCUT2D eigenvalue weighted by molar-refractivity contribution is 5.83. The van der Waals surface area contributed by atoms with Crippen LogP contribution in [0.4, 0.5) is 0 Å². The van der Waals surface area contributed by atoms with Crippen molar-refractivity contribution < 1.29 is 14.3 Å². The van der Waals surface area contributed by atoms with E-state index in [9.17, 15) is 4.79 Å². The first-order valence-electron chi connectivity index (χ1n) is 14.2. The van der Waals surface area contributed by atoms with Crippen molar-refractivity contribution in [3.63, 3.8) is 0 Å². The molecule has 198 valence electrons. The molecule has 0 aliphatic carbocycles.